The van der Waals surface area contributed by atoms with Crippen molar-refractivity contribution in [3.63, 3.8) is 0 Å². The minimum atomic E-state index is -0.990. The number of aliphatic imine (C=N–C) groups is 1. The van der Waals surface area contributed by atoms with Gasteiger partial charge >= 0.3 is 12.2 Å². The highest BCUT2D eigenvalue weighted by atomic mass is 16.6. The highest BCUT2D eigenvalue weighted by Gasteiger charge is 2.41. The van der Waals surface area contributed by atoms with E-state index in [0.29, 0.717) is 26.3 Å². The summed E-state index contributed by atoms with van der Waals surface area (Å²) in [7, 11) is 1.46. The molecular formula is C22H30N4O6. The summed E-state index contributed by atoms with van der Waals surface area (Å²) in [5.41, 5.74) is 0.0947. The fraction of sp³-hybridized carbons (Fsp3) is 0.545. The molecule has 0 radical (unpaired) electrons. The Morgan fingerprint density at radius 2 is 1.84 bits per heavy atom. The summed E-state index contributed by atoms with van der Waals surface area (Å²) >= 11 is 0. The van der Waals surface area contributed by atoms with E-state index in [-0.39, 0.29) is 19.1 Å². The average molecular weight is 447 g/mol. The maximum absolute atomic E-state index is 12.9. The van der Waals surface area contributed by atoms with Crippen LogP contribution in [0.3, 0.4) is 0 Å². The minimum Gasteiger partial charge on any atom is -0.445 e. The Bertz CT molecular complexity index is 861. The predicted octanol–water partition coefficient (Wildman–Crippen LogP) is 2.09. The van der Waals surface area contributed by atoms with E-state index in [0.717, 1.165) is 5.56 Å². The molecule has 0 aromatic heterocycles. The number of carbonyl (C=O) groups is 3. The Morgan fingerprint density at radius 3 is 2.47 bits per heavy atom. The first kappa shape index (κ1) is 23.5. The van der Waals surface area contributed by atoms with E-state index in [2.05, 4.69) is 4.99 Å². The van der Waals surface area contributed by atoms with Crippen LogP contribution in [0.1, 0.15) is 26.3 Å². The number of amides is 3. The van der Waals surface area contributed by atoms with Crippen molar-refractivity contribution in [2.45, 2.75) is 39.0 Å². The van der Waals surface area contributed by atoms with Crippen molar-refractivity contribution in [2.75, 3.05) is 39.9 Å². The molecule has 0 saturated carbocycles. The number of rotatable bonds is 3. The van der Waals surface area contributed by atoms with Gasteiger partial charge in [-0.25, -0.2) is 14.5 Å². The number of carbonyl (C=O) groups excluding carboxylic acids is 3. The molecule has 1 unspecified atom stereocenters. The van der Waals surface area contributed by atoms with Crippen LogP contribution >= 0.6 is 0 Å². The van der Waals surface area contributed by atoms with E-state index >= 15 is 0 Å². The number of benzene rings is 1. The second kappa shape index (κ2) is 9.99. The molecule has 10 heteroatoms. The molecule has 1 aromatic carbocycles. The number of hydrogen-bond acceptors (Lipinski definition) is 7. The van der Waals surface area contributed by atoms with Gasteiger partial charge in [0.1, 0.15) is 18.2 Å². The molecule has 1 saturated heterocycles. The first-order chi connectivity index (χ1) is 15.2. The van der Waals surface area contributed by atoms with Gasteiger partial charge in [0.05, 0.1) is 19.8 Å². The molecule has 10 nitrogen and oxygen atoms in total. The monoisotopic (exact) mass is 446 g/mol. The van der Waals surface area contributed by atoms with Crippen LogP contribution in [0.15, 0.2) is 35.3 Å². The third-order valence-corrected chi connectivity index (χ3v) is 4.96. The number of nitrogens with zero attached hydrogens (tertiary/aromatic N) is 4. The fourth-order valence-electron chi connectivity index (χ4n) is 3.28. The van der Waals surface area contributed by atoms with Crippen molar-refractivity contribution in [1.29, 1.82) is 0 Å². The second-order valence-electron chi connectivity index (χ2n) is 8.61. The van der Waals surface area contributed by atoms with Gasteiger partial charge in [-0.2, -0.15) is 4.99 Å². The lowest BCUT2D eigenvalue weighted by molar-refractivity contribution is -0.123. The van der Waals surface area contributed by atoms with Gasteiger partial charge in [-0.05, 0) is 26.3 Å². The molecule has 174 valence electrons. The van der Waals surface area contributed by atoms with Crippen LogP contribution < -0.4 is 0 Å². The molecule has 0 bridgehead atoms. The molecule has 0 spiro atoms. The van der Waals surface area contributed by atoms with Crippen LogP contribution in [-0.2, 0) is 25.6 Å². The first-order valence-corrected chi connectivity index (χ1v) is 10.5. The van der Waals surface area contributed by atoms with Crippen molar-refractivity contribution >= 4 is 24.1 Å². The summed E-state index contributed by atoms with van der Waals surface area (Å²) in [5, 5.41) is 0. The van der Waals surface area contributed by atoms with Crippen molar-refractivity contribution in [3.8, 4) is 0 Å². The smallest absolute Gasteiger partial charge is 0.417 e. The predicted molar refractivity (Wildman–Crippen MR) is 116 cm³/mol. The van der Waals surface area contributed by atoms with Gasteiger partial charge in [0, 0.05) is 20.1 Å². The molecule has 3 amide bonds. The maximum Gasteiger partial charge on any atom is 0.417 e. The third kappa shape index (κ3) is 5.97. The summed E-state index contributed by atoms with van der Waals surface area (Å²) in [4.78, 5) is 46.8. The van der Waals surface area contributed by atoms with Crippen molar-refractivity contribution < 1.29 is 28.6 Å². The van der Waals surface area contributed by atoms with Crippen LogP contribution in [0.2, 0.25) is 0 Å². The SMILES string of the molecule is CN(C(=O)OCc1ccccc1)C1CN(C(=O)OC(C)(C)C)C(N2CCOCC2)=NC1=O. The quantitative estimate of drug-likeness (QED) is 0.701. The Labute approximate surface area is 187 Å². The standard InChI is InChI=1S/C22H30N4O6/c1-22(2,3)32-21(29)26-14-17(18(27)23-19(26)25-10-12-30-13-11-25)24(4)20(28)31-15-16-8-6-5-7-9-16/h5-9,17H,10-15H2,1-4H3. The Balaban J connectivity index is 1.76. The molecule has 2 aliphatic rings. The van der Waals surface area contributed by atoms with Crippen LogP contribution in [0.25, 0.3) is 0 Å². The molecule has 0 aliphatic carbocycles. The molecule has 2 heterocycles. The second-order valence-corrected chi connectivity index (χ2v) is 8.61. The van der Waals surface area contributed by atoms with Crippen LogP contribution in [-0.4, -0.2) is 90.3 Å². The highest BCUT2D eigenvalue weighted by Crippen LogP contribution is 2.19. The molecule has 32 heavy (non-hydrogen) atoms. The van der Waals surface area contributed by atoms with Gasteiger partial charge in [-0.1, -0.05) is 30.3 Å². The number of hydrogen-bond donors (Lipinski definition) is 0. The largest absolute Gasteiger partial charge is 0.445 e. The van der Waals surface area contributed by atoms with Crippen LogP contribution in [0.4, 0.5) is 9.59 Å². The Kier molecular flexibility index (Phi) is 7.34. The van der Waals surface area contributed by atoms with E-state index in [1.165, 1.54) is 16.8 Å². The summed E-state index contributed by atoms with van der Waals surface area (Å²) in [6, 6.07) is 8.24. The van der Waals surface area contributed by atoms with Crippen LogP contribution in [0, 0.1) is 0 Å². The molecule has 3 rings (SSSR count). The zero-order valence-corrected chi connectivity index (χ0v) is 18.9. The average Bonchev–Trinajstić information content (AvgIpc) is 2.77. The lowest BCUT2D eigenvalue weighted by Crippen LogP contribution is -2.61. The lowest BCUT2D eigenvalue weighted by Gasteiger charge is -2.40. The summed E-state index contributed by atoms with van der Waals surface area (Å²) in [6.45, 7) is 7.18. The molecular weight excluding hydrogens is 416 g/mol. The molecule has 1 fully saturated rings. The number of morpholine rings is 1. The van der Waals surface area contributed by atoms with Gasteiger partial charge in [-0.15, -0.1) is 0 Å². The lowest BCUT2D eigenvalue weighted by atomic mass is 10.2. The summed E-state index contributed by atoms with van der Waals surface area (Å²) in [5.74, 6) is -0.305. The van der Waals surface area contributed by atoms with Crippen LogP contribution in [0.5, 0.6) is 0 Å². The van der Waals surface area contributed by atoms with Gasteiger partial charge in [0.25, 0.3) is 5.91 Å². The van der Waals surface area contributed by atoms with E-state index in [1.54, 1.807) is 20.8 Å². The topological polar surface area (TPSA) is 101 Å². The van der Waals surface area contributed by atoms with Gasteiger partial charge < -0.3 is 19.1 Å². The zero-order valence-electron chi connectivity index (χ0n) is 18.9. The maximum atomic E-state index is 12.9. The van der Waals surface area contributed by atoms with Crippen molar-refractivity contribution in [1.82, 2.24) is 14.7 Å². The van der Waals surface area contributed by atoms with E-state index in [4.69, 9.17) is 14.2 Å². The molecule has 0 N–H and O–H groups in total. The van der Waals surface area contributed by atoms with E-state index in [9.17, 15) is 14.4 Å². The first-order valence-electron chi connectivity index (χ1n) is 10.5. The molecule has 1 aromatic rings. The van der Waals surface area contributed by atoms with E-state index in [1.807, 2.05) is 35.2 Å². The summed E-state index contributed by atoms with van der Waals surface area (Å²) < 4.78 is 16.2. The van der Waals surface area contributed by atoms with Crippen molar-refractivity contribution in [3.05, 3.63) is 35.9 Å². The number of ether oxygens (including phenoxy) is 3. The third-order valence-electron chi connectivity index (χ3n) is 4.96. The molecule has 1 atom stereocenters. The Hall–Kier alpha value is -3.14. The number of likely N-dealkylation sites (N-methyl/N-ethyl adjacent to an activating group) is 1. The summed E-state index contributed by atoms with van der Waals surface area (Å²) in [6.07, 6.45) is -1.31. The van der Waals surface area contributed by atoms with Crippen molar-refractivity contribution in [2.24, 2.45) is 4.99 Å². The molecule has 2 aliphatic heterocycles. The number of guanidine groups is 1. The highest BCUT2D eigenvalue weighted by molar-refractivity contribution is 6.05. The van der Waals surface area contributed by atoms with E-state index < -0.39 is 29.7 Å². The normalized spacial score (nSPS) is 19.3. The minimum absolute atomic E-state index is 0.0724. The van der Waals surface area contributed by atoms with Gasteiger partial charge in [0.2, 0.25) is 5.96 Å². The van der Waals surface area contributed by atoms with Gasteiger partial charge in [-0.3, -0.25) is 9.69 Å². The zero-order chi connectivity index (χ0) is 23.3. The fourth-order valence-corrected chi connectivity index (χ4v) is 3.28. The Morgan fingerprint density at radius 1 is 1.19 bits per heavy atom. The van der Waals surface area contributed by atoms with Gasteiger partial charge in [0.15, 0.2) is 0 Å².